The van der Waals surface area contributed by atoms with Crippen LogP contribution in [0.15, 0.2) is 18.2 Å². The van der Waals surface area contributed by atoms with Crippen LogP contribution in [0.2, 0.25) is 0 Å². The Balaban J connectivity index is 2.88. The predicted octanol–water partition coefficient (Wildman–Crippen LogP) is 1.09. The highest BCUT2D eigenvalue weighted by atomic mass is 19.4. The molecule has 9 heteroatoms. The maximum absolute atomic E-state index is 12.3. The summed E-state index contributed by atoms with van der Waals surface area (Å²) in [5, 5.41) is 22.2. The van der Waals surface area contributed by atoms with Crippen molar-refractivity contribution in [1.29, 1.82) is 0 Å². The molecule has 0 aliphatic rings. The van der Waals surface area contributed by atoms with E-state index in [4.69, 9.17) is 5.73 Å². The van der Waals surface area contributed by atoms with Gasteiger partial charge in [0.15, 0.2) is 0 Å². The Morgan fingerprint density at radius 2 is 2.05 bits per heavy atom. The quantitative estimate of drug-likeness (QED) is 0.587. The van der Waals surface area contributed by atoms with Gasteiger partial charge >= 0.3 is 6.36 Å². The molecular weight excluding hydrogens is 305 g/mol. The molecule has 5 N–H and O–H groups in total. The average molecular weight is 322 g/mol. The maximum Gasteiger partial charge on any atom is 0.573 e. The van der Waals surface area contributed by atoms with Crippen LogP contribution in [0.25, 0.3) is 0 Å². The van der Waals surface area contributed by atoms with Crippen LogP contribution in [0, 0.1) is 0 Å². The number of alkyl halides is 3. The molecule has 0 fully saturated rings. The van der Waals surface area contributed by atoms with Crippen LogP contribution in [0.4, 0.5) is 18.9 Å². The number of hydrogen-bond donors (Lipinski definition) is 4. The second-order valence-electron chi connectivity index (χ2n) is 4.63. The first-order chi connectivity index (χ1) is 10.1. The molecule has 2 unspecified atom stereocenters. The molecule has 0 heterocycles. The lowest BCUT2D eigenvalue weighted by Gasteiger charge is -2.22. The number of anilines is 1. The molecule has 124 valence electrons. The van der Waals surface area contributed by atoms with Gasteiger partial charge in [0.1, 0.15) is 11.9 Å². The van der Waals surface area contributed by atoms with Crippen molar-refractivity contribution < 1.29 is 32.9 Å². The van der Waals surface area contributed by atoms with E-state index in [1.807, 2.05) is 0 Å². The number of rotatable bonds is 6. The van der Waals surface area contributed by atoms with Gasteiger partial charge in [-0.3, -0.25) is 4.79 Å². The first-order valence-electron chi connectivity index (χ1n) is 6.36. The summed E-state index contributed by atoms with van der Waals surface area (Å²) in [7, 11) is 0. The van der Waals surface area contributed by atoms with Crippen LogP contribution in [0.3, 0.4) is 0 Å². The van der Waals surface area contributed by atoms with Crippen LogP contribution in [-0.4, -0.2) is 35.1 Å². The van der Waals surface area contributed by atoms with Gasteiger partial charge in [-0.15, -0.1) is 13.2 Å². The van der Waals surface area contributed by atoms with Crippen molar-refractivity contribution in [2.45, 2.75) is 31.9 Å². The molecule has 0 saturated carbocycles. The number of benzene rings is 1. The molecule has 0 aliphatic carbocycles. The molecule has 0 saturated heterocycles. The van der Waals surface area contributed by atoms with Gasteiger partial charge in [0.05, 0.1) is 6.10 Å². The molecule has 0 radical (unpaired) electrons. The van der Waals surface area contributed by atoms with E-state index >= 15 is 0 Å². The molecule has 2 atom stereocenters. The van der Waals surface area contributed by atoms with E-state index in [0.717, 1.165) is 12.1 Å². The van der Waals surface area contributed by atoms with Crippen LogP contribution >= 0.6 is 0 Å². The fourth-order valence-corrected chi connectivity index (χ4v) is 1.78. The zero-order chi connectivity index (χ0) is 16.9. The Labute approximate surface area is 124 Å². The lowest BCUT2D eigenvalue weighted by molar-refractivity contribution is -0.275. The SMILES string of the molecule is CC(=O)NCCC(O)C(O)c1cc(N)ccc1OC(F)(F)F. The number of carbonyl (C=O) groups excluding carboxylic acids is 1. The number of amides is 1. The summed E-state index contributed by atoms with van der Waals surface area (Å²) < 4.78 is 40.8. The third-order valence-electron chi connectivity index (χ3n) is 2.76. The molecule has 1 aromatic carbocycles. The third-order valence-corrected chi connectivity index (χ3v) is 2.76. The highest BCUT2D eigenvalue weighted by Gasteiger charge is 2.33. The van der Waals surface area contributed by atoms with Gasteiger partial charge < -0.3 is 26.0 Å². The number of hydrogen-bond acceptors (Lipinski definition) is 5. The lowest BCUT2D eigenvalue weighted by Crippen LogP contribution is -2.28. The zero-order valence-electron chi connectivity index (χ0n) is 11.7. The highest BCUT2D eigenvalue weighted by molar-refractivity contribution is 5.72. The van der Waals surface area contributed by atoms with Crippen molar-refractivity contribution in [2.75, 3.05) is 12.3 Å². The summed E-state index contributed by atoms with van der Waals surface area (Å²) in [6.45, 7) is 1.33. The normalized spacial score (nSPS) is 14.3. The molecule has 22 heavy (non-hydrogen) atoms. The van der Waals surface area contributed by atoms with E-state index in [-0.39, 0.29) is 30.1 Å². The van der Waals surface area contributed by atoms with Crippen molar-refractivity contribution in [3.8, 4) is 5.75 Å². The van der Waals surface area contributed by atoms with Crippen molar-refractivity contribution in [3.63, 3.8) is 0 Å². The van der Waals surface area contributed by atoms with E-state index < -0.39 is 24.3 Å². The zero-order valence-corrected chi connectivity index (χ0v) is 11.7. The van der Waals surface area contributed by atoms with E-state index in [1.54, 1.807) is 0 Å². The van der Waals surface area contributed by atoms with Gasteiger partial charge in [0.2, 0.25) is 5.91 Å². The van der Waals surface area contributed by atoms with Gasteiger partial charge in [0, 0.05) is 24.7 Å². The summed E-state index contributed by atoms with van der Waals surface area (Å²) in [4.78, 5) is 10.7. The first kappa shape index (κ1) is 18.1. The molecule has 6 nitrogen and oxygen atoms in total. The number of aliphatic hydroxyl groups excluding tert-OH is 2. The van der Waals surface area contributed by atoms with E-state index in [1.165, 1.54) is 13.0 Å². The summed E-state index contributed by atoms with van der Waals surface area (Å²) in [5.41, 5.74) is 5.31. The minimum Gasteiger partial charge on any atom is -0.405 e. The summed E-state index contributed by atoms with van der Waals surface area (Å²) in [6, 6.07) is 3.23. The number of carbonyl (C=O) groups is 1. The molecule has 0 aromatic heterocycles. The van der Waals surface area contributed by atoms with Gasteiger partial charge in [0.25, 0.3) is 0 Å². The predicted molar refractivity (Wildman–Crippen MR) is 71.8 cm³/mol. The standard InChI is InChI=1S/C13H17F3N2O4/c1-7(19)18-5-4-10(20)12(21)9-6-8(17)2-3-11(9)22-13(14,15)16/h2-3,6,10,12,20-21H,4-5,17H2,1H3,(H,18,19). The minimum absolute atomic E-state index is 0.0546. The lowest BCUT2D eigenvalue weighted by atomic mass is 10.0. The summed E-state index contributed by atoms with van der Waals surface area (Å²) in [6.07, 6.45) is -8.04. The monoisotopic (exact) mass is 322 g/mol. The number of aliphatic hydroxyl groups is 2. The largest absolute Gasteiger partial charge is 0.573 e. The van der Waals surface area contributed by atoms with E-state index in [0.29, 0.717) is 0 Å². The van der Waals surface area contributed by atoms with Gasteiger partial charge in [-0.2, -0.15) is 0 Å². The van der Waals surface area contributed by atoms with E-state index in [9.17, 15) is 28.2 Å². The van der Waals surface area contributed by atoms with Crippen molar-refractivity contribution in [3.05, 3.63) is 23.8 Å². The summed E-state index contributed by atoms with van der Waals surface area (Å²) >= 11 is 0. The Morgan fingerprint density at radius 3 is 2.59 bits per heavy atom. The molecular formula is C13H17F3N2O4. The fraction of sp³-hybridized carbons (Fsp3) is 0.462. The Bertz CT molecular complexity index is 522. The number of nitrogen functional groups attached to an aromatic ring is 1. The minimum atomic E-state index is -4.94. The average Bonchev–Trinajstić information content (AvgIpc) is 2.38. The molecule has 0 bridgehead atoms. The molecule has 1 aromatic rings. The third kappa shape index (κ3) is 5.78. The van der Waals surface area contributed by atoms with Gasteiger partial charge in [-0.05, 0) is 24.6 Å². The first-order valence-corrected chi connectivity index (χ1v) is 6.36. The Morgan fingerprint density at radius 1 is 1.41 bits per heavy atom. The number of ether oxygens (including phenoxy) is 1. The Kier molecular flexibility index (Phi) is 6.01. The van der Waals surface area contributed by atoms with Crippen LogP contribution < -0.4 is 15.8 Å². The van der Waals surface area contributed by atoms with Crippen LogP contribution in [-0.2, 0) is 4.79 Å². The molecule has 0 aliphatic heterocycles. The van der Waals surface area contributed by atoms with Gasteiger partial charge in [-0.1, -0.05) is 0 Å². The maximum atomic E-state index is 12.3. The molecule has 0 spiro atoms. The smallest absolute Gasteiger partial charge is 0.405 e. The van der Waals surface area contributed by atoms with Crippen molar-refractivity contribution in [1.82, 2.24) is 5.32 Å². The second-order valence-corrected chi connectivity index (χ2v) is 4.63. The highest BCUT2D eigenvalue weighted by Crippen LogP contribution is 2.33. The number of halogens is 3. The number of nitrogens with two attached hydrogens (primary N) is 1. The second kappa shape index (κ2) is 7.32. The topological polar surface area (TPSA) is 105 Å². The Hall–Kier alpha value is -2.00. The number of nitrogens with one attached hydrogen (secondary N) is 1. The van der Waals surface area contributed by atoms with Gasteiger partial charge in [-0.25, -0.2) is 0 Å². The van der Waals surface area contributed by atoms with Crippen LogP contribution in [0.1, 0.15) is 25.0 Å². The molecule has 1 rings (SSSR count). The molecule has 1 amide bonds. The summed E-state index contributed by atoms with van der Waals surface area (Å²) in [5.74, 6) is -0.973. The van der Waals surface area contributed by atoms with E-state index in [2.05, 4.69) is 10.1 Å². The fourth-order valence-electron chi connectivity index (χ4n) is 1.78. The van der Waals surface area contributed by atoms with Crippen molar-refractivity contribution >= 4 is 11.6 Å². The van der Waals surface area contributed by atoms with Crippen LogP contribution in [0.5, 0.6) is 5.75 Å². The van der Waals surface area contributed by atoms with Crippen molar-refractivity contribution in [2.24, 2.45) is 0 Å².